The van der Waals surface area contributed by atoms with Gasteiger partial charge in [-0.05, 0) is 48.0 Å². The summed E-state index contributed by atoms with van der Waals surface area (Å²) in [7, 11) is -3.57. The number of hydrogen-bond donors (Lipinski definition) is 1. The van der Waals surface area contributed by atoms with Gasteiger partial charge >= 0.3 is 0 Å². The van der Waals surface area contributed by atoms with E-state index in [4.69, 9.17) is 16.3 Å². The van der Waals surface area contributed by atoms with Crippen molar-refractivity contribution in [2.24, 2.45) is 0 Å². The number of para-hydroxylation sites is 1. The minimum Gasteiger partial charge on any atom is -0.378 e. The zero-order valence-corrected chi connectivity index (χ0v) is 21.3. The Morgan fingerprint density at radius 2 is 1.69 bits per heavy atom. The molecular formula is C26H26ClN3O5S. The third-order valence-corrected chi connectivity index (χ3v) is 7.12. The Kier molecular flexibility index (Phi) is 7.93. The molecule has 0 atom stereocenters. The van der Waals surface area contributed by atoms with Gasteiger partial charge in [-0.25, -0.2) is 8.42 Å². The van der Waals surface area contributed by atoms with Crippen LogP contribution >= 0.6 is 11.6 Å². The molecule has 0 aromatic heterocycles. The monoisotopic (exact) mass is 527 g/mol. The number of halogens is 1. The summed E-state index contributed by atoms with van der Waals surface area (Å²) in [6, 6.07) is 20.1. The van der Waals surface area contributed by atoms with Crippen LogP contribution in [0.5, 0.6) is 0 Å². The Balaban J connectivity index is 1.49. The number of anilines is 2. The summed E-state index contributed by atoms with van der Waals surface area (Å²) in [5, 5.41) is 3.26. The predicted octanol–water partition coefficient (Wildman–Crippen LogP) is 4.03. The molecule has 0 radical (unpaired) electrons. The van der Waals surface area contributed by atoms with Crippen molar-refractivity contribution in [3.05, 3.63) is 94.5 Å². The van der Waals surface area contributed by atoms with Crippen molar-refractivity contribution in [3.8, 4) is 0 Å². The van der Waals surface area contributed by atoms with Crippen LogP contribution in [0.4, 0.5) is 11.4 Å². The number of hydrogen-bond acceptors (Lipinski definition) is 5. The van der Waals surface area contributed by atoms with Crippen LogP contribution in [-0.2, 0) is 21.3 Å². The Bertz CT molecular complexity index is 1360. The molecule has 8 nitrogen and oxygen atoms in total. The average Bonchev–Trinajstić information content (AvgIpc) is 2.87. The molecular weight excluding hydrogens is 502 g/mol. The van der Waals surface area contributed by atoms with Crippen LogP contribution in [0.3, 0.4) is 0 Å². The van der Waals surface area contributed by atoms with E-state index in [0.29, 0.717) is 59.4 Å². The van der Waals surface area contributed by atoms with E-state index in [1.807, 2.05) is 0 Å². The van der Waals surface area contributed by atoms with E-state index in [2.05, 4.69) is 5.32 Å². The third-order valence-electron chi connectivity index (χ3n) is 5.74. The third kappa shape index (κ3) is 6.23. The van der Waals surface area contributed by atoms with Gasteiger partial charge in [0.25, 0.3) is 11.8 Å². The van der Waals surface area contributed by atoms with E-state index in [0.717, 1.165) is 6.26 Å². The maximum atomic E-state index is 13.0. The number of morpholine rings is 1. The van der Waals surface area contributed by atoms with Crippen LogP contribution in [0.15, 0.2) is 72.8 Å². The van der Waals surface area contributed by atoms with Gasteiger partial charge in [0.1, 0.15) is 0 Å². The zero-order valence-electron chi connectivity index (χ0n) is 19.7. The van der Waals surface area contributed by atoms with E-state index >= 15 is 0 Å². The van der Waals surface area contributed by atoms with Crippen LogP contribution in [0, 0.1) is 0 Å². The molecule has 0 spiro atoms. The summed E-state index contributed by atoms with van der Waals surface area (Å²) in [4.78, 5) is 27.6. The van der Waals surface area contributed by atoms with Crippen molar-refractivity contribution in [2.75, 3.05) is 42.2 Å². The van der Waals surface area contributed by atoms with Gasteiger partial charge in [0.2, 0.25) is 10.0 Å². The van der Waals surface area contributed by atoms with Crippen LogP contribution in [0.25, 0.3) is 0 Å². The first-order valence-electron chi connectivity index (χ1n) is 11.3. The van der Waals surface area contributed by atoms with Gasteiger partial charge in [-0.3, -0.25) is 13.9 Å². The van der Waals surface area contributed by atoms with Crippen molar-refractivity contribution >= 4 is 44.8 Å². The minimum atomic E-state index is -3.57. The Labute approximate surface area is 215 Å². The first-order chi connectivity index (χ1) is 17.2. The fourth-order valence-corrected chi connectivity index (χ4v) is 4.93. The lowest BCUT2D eigenvalue weighted by atomic mass is 10.1. The van der Waals surface area contributed by atoms with Gasteiger partial charge in [0, 0.05) is 23.7 Å². The second-order valence-corrected chi connectivity index (χ2v) is 10.7. The number of benzene rings is 3. The lowest BCUT2D eigenvalue weighted by molar-refractivity contribution is 0.0303. The van der Waals surface area contributed by atoms with Crippen molar-refractivity contribution < 1.29 is 22.7 Å². The van der Waals surface area contributed by atoms with Crippen LogP contribution in [0.1, 0.15) is 26.3 Å². The molecule has 2 amide bonds. The highest BCUT2D eigenvalue weighted by atomic mass is 35.5. The van der Waals surface area contributed by atoms with Gasteiger partial charge < -0.3 is 15.0 Å². The molecule has 1 saturated heterocycles. The molecule has 1 fully saturated rings. The second-order valence-electron chi connectivity index (χ2n) is 8.35. The molecule has 3 aromatic carbocycles. The molecule has 36 heavy (non-hydrogen) atoms. The fraction of sp³-hybridized carbons (Fsp3) is 0.231. The highest BCUT2D eigenvalue weighted by molar-refractivity contribution is 7.92. The van der Waals surface area contributed by atoms with Gasteiger partial charge in [-0.15, -0.1) is 0 Å². The SMILES string of the molecule is CS(=O)(=O)N(Cc1ccc(C(=O)Nc2ccccc2C(=O)N2CCOCC2)cc1)c1cccc(Cl)c1. The maximum Gasteiger partial charge on any atom is 0.256 e. The van der Waals surface area contributed by atoms with E-state index in [9.17, 15) is 18.0 Å². The predicted molar refractivity (Wildman–Crippen MR) is 140 cm³/mol. The topological polar surface area (TPSA) is 96.0 Å². The van der Waals surface area contributed by atoms with Crippen LogP contribution in [0.2, 0.25) is 5.02 Å². The number of rotatable bonds is 7. The van der Waals surface area contributed by atoms with Crippen LogP contribution < -0.4 is 9.62 Å². The zero-order chi connectivity index (χ0) is 25.7. The summed E-state index contributed by atoms with van der Waals surface area (Å²) in [5.74, 6) is -0.537. The first-order valence-corrected chi connectivity index (χ1v) is 13.5. The van der Waals surface area contributed by atoms with Crippen molar-refractivity contribution in [2.45, 2.75) is 6.54 Å². The molecule has 188 valence electrons. The highest BCUT2D eigenvalue weighted by Crippen LogP contribution is 2.24. The molecule has 1 aliphatic heterocycles. The van der Waals surface area contributed by atoms with Crippen molar-refractivity contribution in [1.29, 1.82) is 0 Å². The Morgan fingerprint density at radius 1 is 1.00 bits per heavy atom. The van der Waals surface area contributed by atoms with E-state index in [1.54, 1.807) is 77.7 Å². The molecule has 0 bridgehead atoms. The number of ether oxygens (including phenoxy) is 1. The maximum absolute atomic E-state index is 13.0. The largest absolute Gasteiger partial charge is 0.378 e. The summed E-state index contributed by atoms with van der Waals surface area (Å²) in [6.45, 7) is 2.06. The second kappa shape index (κ2) is 11.1. The molecule has 1 aliphatic rings. The Hall–Kier alpha value is -3.40. The molecule has 3 aromatic rings. The number of carbonyl (C=O) groups excluding carboxylic acids is 2. The minimum absolute atomic E-state index is 0.0813. The quantitative estimate of drug-likeness (QED) is 0.500. The van der Waals surface area contributed by atoms with Gasteiger partial charge in [-0.1, -0.05) is 41.9 Å². The summed E-state index contributed by atoms with van der Waals surface area (Å²) in [5.41, 5.74) is 2.36. The lowest BCUT2D eigenvalue weighted by Gasteiger charge is -2.27. The summed E-state index contributed by atoms with van der Waals surface area (Å²) < 4.78 is 31.4. The standard InChI is InChI=1S/C26H26ClN3O5S/c1-36(33,34)30(22-6-4-5-21(27)17-22)18-19-9-11-20(12-10-19)25(31)28-24-8-3-2-7-23(24)26(32)29-13-15-35-16-14-29/h2-12,17H,13-16,18H2,1H3,(H,28,31). The number of amides is 2. The molecule has 4 rings (SSSR count). The Morgan fingerprint density at radius 3 is 2.36 bits per heavy atom. The van der Waals surface area contributed by atoms with E-state index < -0.39 is 10.0 Å². The van der Waals surface area contributed by atoms with E-state index in [-0.39, 0.29) is 18.4 Å². The molecule has 0 saturated carbocycles. The van der Waals surface area contributed by atoms with Gasteiger partial charge in [0.05, 0.1) is 43.0 Å². The normalized spacial score (nSPS) is 13.8. The number of nitrogens with zero attached hydrogens (tertiary/aromatic N) is 2. The molecule has 10 heteroatoms. The number of sulfonamides is 1. The summed E-state index contributed by atoms with van der Waals surface area (Å²) in [6.07, 6.45) is 1.13. The van der Waals surface area contributed by atoms with Gasteiger partial charge in [-0.2, -0.15) is 0 Å². The molecule has 0 unspecified atom stereocenters. The van der Waals surface area contributed by atoms with Crippen LogP contribution in [-0.4, -0.2) is 57.7 Å². The molecule has 0 aliphatic carbocycles. The number of carbonyl (C=O) groups is 2. The fourth-order valence-electron chi connectivity index (χ4n) is 3.87. The van der Waals surface area contributed by atoms with Crippen molar-refractivity contribution in [3.63, 3.8) is 0 Å². The van der Waals surface area contributed by atoms with E-state index in [1.165, 1.54) is 4.31 Å². The lowest BCUT2D eigenvalue weighted by Crippen LogP contribution is -2.41. The highest BCUT2D eigenvalue weighted by Gasteiger charge is 2.22. The number of nitrogens with one attached hydrogen (secondary N) is 1. The smallest absolute Gasteiger partial charge is 0.256 e. The van der Waals surface area contributed by atoms with Gasteiger partial charge in [0.15, 0.2) is 0 Å². The average molecular weight is 528 g/mol. The molecule has 1 N–H and O–H groups in total. The van der Waals surface area contributed by atoms with Crippen molar-refractivity contribution in [1.82, 2.24) is 4.90 Å². The molecule has 1 heterocycles. The summed E-state index contributed by atoms with van der Waals surface area (Å²) >= 11 is 6.04. The first kappa shape index (κ1) is 25.7.